The average molecular weight is 434 g/mol. The van der Waals surface area contributed by atoms with Crippen molar-refractivity contribution in [2.24, 2.45) is 5.10 Å². The van der Waals surface area contributed by atoms with Crippen LogP contribution in [-0.4, -0.2) is 51.7 Å². The van der Waals surface area contributed by atoms with E-state index >= 15 is 0 Å². The summed E-state index contributed by atoms with van der Waals surface area (Å²) in [5.41, 5.74) is 0.608. The molecule has 0 saturated carbocycles. The van der Waals surface area contributed by atoms with Crippen LogP contribution in [0.2, 0.25) is 0 Å². The third kappa shape index (κ3) is 6.48. The lowest BCUT2D eigenvalue weighted by molar-refractivity contribution is -0.132. The van der Waals surface area contributed by atoms with E-state index in [9.17, 15) is 13.2 Å². The summed E-state index contributed by atoms with van der Waals surface area (Å²) < 4.78 is 35.6. The summed E-state index contributed by atoms with van der Waals surface area (Å²) in [5.74, 6) is 0.766. The summed E-state index contributed by atoms with van der Waals surface area (Å²) >= 11 is 0. The molecule has 0 spiro atoms. The Morgan fingerprint density at radius 2 is 1.73 bits per heavy atom. The van der Waals surface area contributed by atoms with Gasteiger partial charge in [-0.1, -0.05) is 18.2 Å². The third-order valence-corrected chi connectivity index (χ3v) is 5.41. The standard InChI is InChI=1S/C21H27N3O5S/c1-4-24(5-2)21(25)16-29-19-13-12-17(14-20(19)28-6-3)15-22-23-30(26,27)18-10-8-7-9-11-18/h7-15,23H,4-6,16H2,1-3H3/b22-15+. The largest absolute Gasteiger partial charge is 0.490 e. The average Bonchev–Trinajstić information content (AvgIpc) is 2.75. The zero-order chi connectivity index (χ0) is 22.0. The van der Waals surface area contributed by atoms with Gasteiger partial charge in [-0.25, -0.2) is 4.83 Å². The molecule has 0 fully saturated rings. The normalized spacial score (nSPS) is 11.3. The van der Waals surface area contributed by atoms with Crippen molar-refractivity contribution in [1.29, 1.82) is 0 Å². The Labute approximate surface area is 177 Å². The van der Waals surface area contributed by atoms with Gasteiger partial charge in [0.15, 0.2) is 18.1 Å². The number of nitrogens with one attached hydrogen (secondary N) is 1. The fourth-order valence-electron chi connectivity index (χ4n) is 2.62. The molecule has 0 aliphatic heterocycles. The van der Waals surface area contributed by atoms with Crippen molar-refractivity contribution < 1.29 is 22.7 Å². The van der Waals surface area contributed by atoms with Crippen LogP contribution in [-0.2, 0) is 14.8 Å². The Bertz CT molecular complexity index is 958. The molecular weight excluding hydrogens is 406 g/mol. The molecule has 2 rings (SSSR count). The number of hydrazone groups is 1. The molecular formula is C21H27N3O5S. The highest BCUT2D eigenvalue weighted by Crippen LogP contribution is 2.28. The molecule has 0 bridgehead atoms. The number of carbonyl (C=O) groups is 1. The van der Waals surface area contributed by atoms with Crippen LogP contribution in [0.15, 0.2) is 58.5 Å². The Hall–Kier alpha value is -3.07. The second-order valence-electron chi connectivity index (χ2n) is 6.16. The zero-order valence-corrected chi connectivity index (χ0v) is 18.2. The third-order valence-electron chi connectivity index (χ3n) is 4.17. The van der Waals surface area contributed by atoms with Crippen LogP contribution >= 0.6 is 0 Å². The van der Waals surface area contributed by atoms with Gasteiger partial charge in [-0.15, -0.1) is 0 Å². The lowest BCUT2D eigenvalue weighted by atomic mass is 10.2. The van der Waals surface area contributed by atoms with Crippen LogP contribution in [0.1, 0.15) is 26.3 Å². The van der Waals surface area contributed by atoms with Gasteiger partial charge in [0.25, 0.3) is 15.9 Å². The van der Waals surface area contributed by atoms with Crippen molar-refractivity contribution in [2.45, 2.75) is 25.7 Å². The van der Waals surface area contributed by atoms with Gasteiger partial charge in [0, 0.05) is 13.1 Å². The van der Waals surface area contributed by atoms with E-state index < -0.39 is 10.0 Å². The number of sulfonamides is 1. The SMILES string of the molecule is CCOc1cc(/C=N/NS(=O)(=O)c2ccccc2)ccc1OCC(=O)N(CC)CC. The highest BCUT2D eigenvalue weighted by molar-refractivity contribution is 7.89. The maximum Gasteiger partial charge on any atom is 0.276 e. The molecule has 1 N–H and O–H groups in total. The van der Waals surface area contributed by atoms with Crippen LogP contribution < -0.4 is 14.3 Å². The second kappa shape index (κ2) is 11.2. The van der Waals surface area contributed by atoms with Crippen molar-refractivity contribution in [3.05, 3.63) is 54.1 Å². The minimum Gasteiger partial charge on any atom is -0.490 e. The van der Waals surface area contributed by atoms with Gasteiger partial charge in [-0.3, -0.25) is 4.79 Å². The van der Waals surface area contributed by atoms with Gasteiger partial charge in [-0.2, -0.15) is 13.5 Å². The molecule has 0 aliphatic rings. The first-order valence-electron chi connectivity index (χ1n) is 9.68. The lowest BCUT2D eigenvalue weighted by Crippen LogP contribution is -2.34. The van der Waals surface area contributed by atoms with Crippen molar-refractivity contribution in [1.82, 2.24) is 9.73 Å². The van der Waals surface area contributed by atoms with Crippen molar-refractivity contribution in [2.75, 3.05) is 26.3 Å². The first-order chi connectivity index (χ1) is 14.4. The molecule has 2 aromatic carbocycles. The summed E-state index contributed by atoms with van der Waals surface area (Å²) in [6.45, 7) is 7.20. The van der Waals surface area contributed by atoms with E-state index in [0.29, 0.717) is 36.8 Å². The zero-order valence-electron chi connectivity index (χ0n) is 17.4. The predicted molar refractivity (Wildman–Crippen MR) is 115 cm³/mol. The first-order valence-corrected chi connectivity index (χ1v) is 11.2. The number of ether oxygens (including phenoxy) is 2. The van der Waals surface area contributed by atoms with Gasteiger partial charge in [0.1, 0.15) is 0 Å². The van der Waals surface area contributed by atoms with Crippen molar-refractivity contribution >= 4 is 22.1 Å². The van der Waals surface area contributed by atoms with E-state index in [1.54, 1.807) is 41.3 Å². The highest BCUT2D eigenvalue weighted by atomic mass is 32.2. The second-order valence-corrected chi connectivity index (χ2v) is 7.82. The van der Waals surface area contributed by atoms with Gasteiger partial charge >= 0.3 is 0 Å². The fraction of sp³-hybridized carbons (Fsp3) is 0.333. The van der Waals surface area contributed by atoms with Crippen molar-refractivity contribution in [3.63, 3.8) is 0 Å². The Kier molecular flexibility index (Phi) is 8.67. The van der Waals surface area contributed by atoms with E-state index in [-0.39, 0.29) is 17.4 Å². The maximum absolute atomic E-state index is 12.2. The topological polar surface area (TPSA) is 97.3 Å². The minimum atomic E-state index is -3.74. The van der Waals surface area contributed by atoms with Gasteiger partial charge < -0.3 is 14.4 Å². The Morgan fingerprint density at radius 1 is 1.03 bits per heavy atom. The van der Waals surface area contributed by atoms with E-state index in [2.05, 4.69) is 9.93 Å². The number of rotatable bonds is 11. The Balaban J connectivity index is 2.08. The number of nitrogens with zero attached hydrogens (tertiary/aromatic N) is 2. The molecule has 9 heteroatoms. The molecule has 0 unspecified atom stereocenters. The number of benzene rings is 2. The molecule has 0 heterocycles. The number of hydrogen-bond donors (Lipinski definition) is 1. The van der Waals surface area contributed by atoms with E-state index in [4.69, 9.17) is 9.47 Å². The van der Waals surface area contributed by atoms with Crippen LogP contribution in [0.5, 0.6) is 11.5 Å². The number of hydrogen-bond acceptors (Lipinski definition) is 6. The summed E-state index contributed by atoms with van der Waals surface area (Å²) in [6.07, 6.45) is 1.37. The molecule has 30 heavy (non-hydrogen) atoms. The Morgan fingerprint density at radius 3 is 2.37 bits per heavy atom. The van der Waals surface area contributed by atoms with E-state index in [1.807, 2.05) is 20.8 Å². The molecule has 0 atom stereocenters. The minimum absolute atomic E-state index is 0.0912. The van der Waals surface area contributed by atoms with Crippen LogP contribution in [0.3, 0.4) is 0 Å². The van der Waals surface area contributed by atoms with Gasteiger partial charge in [-0.05, 0) is 56.7 Å². The molecule has 0 aliphatic carbocycles. The number of likely N-dealkylation sites (N-methyl/N-ethyl adjacent to an activating group) is 1. The lowest BCUT2D eigenvalue weighted by Gasteiger charge is -2.19. The number of carbonyl (C=O) groups excluding carboxylic acids is 1. The summed E-state index contributed by atoms with van der Waals surface area (Å²) in [4.78, 5) is 16.1. The fourth-order valence-corrected chi connectivity index (χ4v) is 3.43. The highest BCUT2D eigenvalue weighted by Gasteiger charge is 2.13. The summed E-state index contributed by atoms with van der Waals surface area (Å²) in [5, 5.41) is 3.82. The first kappa shape index (κ1) is 23.2. The monoisotopic (exact) mass is 433 g/mol. The molecule has 0 radical (unpaired) electrons. The molecule has 1 amide bonds. The van der Waals surface area contributed by atoms with E-state index in [0.717, 1.165) is 0 Å². The summed E-state index contributed by atoms with van der Waals surface area (Å²) in [7, 11) is -3.74. The van der Waals surface area contributed by atoms with Crippen molar-refractivity contribution in [3.8, 4) is 11.5 Å². The van der Waals surface area contributed by atoms with Gasteiger partial charge in [0.2, 0.25) is 0 Å². The molecule has 162 valence electrons. The van der Waals surface area contributed by atoms with Crippen LogP contribution in [0, 0.1) is 0 Å². The molecule has 0 aromatic heterocycles. The van der Waals surface area contributed by atoms with Crippen LogP contribution in [0.25, 0.3) is 0 Å². The quantitative estimate of drug-likeness (QED) is 0.434. The molecule has 8 nitrogen and oxygen atoms in total. The van der Waals surface area contributed by atoms with E-state index in [1.165, 1.54) is 18.3 Å². The molecule has 0 saturated heterocycles. The smallest absolute Gasteiger partial charge is 0.276 e. The summed E-state index contributed by atoms with van der Waals surface area (Å²) in [6, 6.07) is 13.0. The maximum atomic E-state index is 12.2. The van der Waals surface area contributed by atoms with Crippen LogP contribution in [0.4, 0.5) is 0 Å². The molecule has 2 aromatic rings. The number of amides is 1. The predicted octanol–water partition coefficient (Wildman–Crippen LogP) is 2.64. The van der Waals surface area contributed by atoms with Gasteiger partial charge in [0.05, 0.1) is 17.7 Å².